The molecule has 0 saturated heterocycles. The van der Waals surface area contributed by atoms with Crippen molar-refractivity contribution in [2.24, 2.45) is 0 Å². The predicted molar refractivity (Wildman–Crippen MR) is 284 cm³/mol. The van der Waals surface area contributed by atoms with E-state index in [-0.39, 0.29) is 43.1 Å². The van der Waals surface area contributed by atoms with E-state index in [9.17, 15) is 5.11 Å². The van der Waals surface area contributed by atoms with Crippen molar-refractivity contribution >= 4 is 11.0 Å². The van der Waals surface area contributed by atoms with Gasteiger partial charge in [0.15, 0.2) is 0 Å². The first-order valence-corrected chi connectivity index (χ1v) is 23.9. The van der Waals surface area contributed by atoms with Gasteiger partial charge in [-0.05, 0) is 63.3 Å². The first-order chi connectivity index (χ1) is 33.0. The summed E-state index contributed by atoms with van der Waals surface area (Å²) in [6.45, 7) is 19.9. The Kier molecular flexibility index (Phi) is 11.6. The average Bonchev–Trinajstić information content (AvgIpc) is 3.91. The van der Waals surface area contributed by atoms with E-state index in [4.69, 9.17) is 15.0 Å². The number of imidazole rings is 2. The van der Waals surface area contributed by atoms with Gasteiger partial charge in [-0.3, -0.25) is 14.1 Å². The van der Waals surface area contributed by atoms with E-state index in [2.05, 4.69) is 229 Å². The molecule has 3 aromatic heterocycles. The van der Waals surface area contributed by atoms with E-state index in [1.165, 1.54) is 0 Å². The number of fused-ring (bicyclic) bond motifs is 5. The summed E-state index contributed by atoms with van der Waals surface area (Å²) in [5.74, 6) is 1.73. The van der Waals surface area contributed by atoms with Crippen LogP contribution in [0.2, 0.25) is 0 Å². The van der Waals surface area contributed by atoms with Gasteiger partial charge in [-0.2, -0.15) is 0 Å². The number of hydrogen-bond donors (Lipinski definition) is 1. The molecule has 4 heterocycles. The summed E-state index contributed by atoms with van der Waals surface area (Å²) in [6.07, 6.45) is 1.89. The molecule has 1 aliphatic rings. The molecule has 7 aromatic carbocycles. The average molecular weight is 1090 g/mol. The molecule has 0 saturated carbocycles. The predicted octanol–water partition coefficient (Wildman–Crippen LogP) is 16.0. The first kappa shape index (κ1) is 46.6. The molecule has 0 amide bonds. The minimum absolute atomic E-state index is 0. The number of rotatable bonds is 6. The Labute approximate surface area is 426 Å². The van der Waals surface area contributed by atoms with Crippen LogP contribution in [0.5, 0.6) is 5.75 Å². The fourth-order valence-corrected chi connectivity index (χ4v) is 9.82. The Bertz CT molecular complexity index is 3610. The molecule has 1 N–H and O–H groups in total. The quantitative estimate of drug-likeness (QED) is 0.169. The summed E-state index contributed by atoms with van der Waals surface area (Å²) in [4.78, 5) is 16.4. The van der Waals surface area contributed by atoms with Crippen molar-refractivity contribution in [3.05, 3.63) is 193 Å². The van der Waals surface area contributed by atoms with Crippen LogP contribution >= 0.6 is 0 Å². The summed E-state index contributed by atoms with van der Waals surface area (Å²) >= 11 is 0. The van der Waals surface area contributed by atoms with Gasteiger partial charge in [-0.15, -0.1) is 29.3 Å². The smallest absolute Gasteiger partial charge is 0.148 e. The van der Waals surface area contributed by atoms with Gasteiger partial charge >= 0.3 is 0 Å². The van der Waals surface area contributed by atoms with E-state index >= 15 is 0 Å². The molecule has 6 nitrogen and oxygen atoms in total. The molecular weight excluding hydrogens is 1040 g/mol. The number of benzene rings is 7. The summed E-state index contributed by atoms with van der Waals surface area (Å²) < 4.78 is 4.60. The largest absolute Gasteiger partial charge is 0.507 e. The Balaban J connectivity index is 0.00000567. The molecule has 7 heteroatoms. The molecule has 0 spiro atoms. The number of phenolic OH excluding ortho intramolecular Hbond substituents is 1. The maximum Gasteiger partial charge on any atom is 0.148 e. The van der Waals surface area contributed by atoms with Crippen LogP contribution in [0, 0.1) is 6.07 Å². The number of phenols is 1. The molecular formula is C63H56N5OPt-. The zero-order chi connectivity index (χ0) is 48.0. The molecule has 0 fully saturated rings. The number of hydrogen-bond acceptors (Lipinski definition) is 4. The fourth-order valence-electron chi connectivity index (χ4n) is 9.82. The van der Waals surface area contributed by atoms with Gasteiger partial charge in [0.1, 0.15) is 17.4 Å². The fraction of sp³-hybridized carbons (Fsp3) is 0.190. The first-order valence-electron chi connectivity index (χ1n) is 23.9. The van der Waals surface area contributed by atoms with Crippen molar-refractivity contribution < 1.29 is 26.2 Å². The van der Waals surface area contributed by atoms with Crippen LogP contribution in [0.4, 0.5) is 0 Å². The van der Waals surface area contributed by atoms with Gasteiger partial charge in [-0.1, -0.05) is 195 Å². The molecule has 0 radical (unpaired) electrons. The third kappa shape index (κ3) is 8.02. The van der Waals surface area contributed by atoms with Crippen molar-refractivity contribution in [3.63, 3.8) is 0 Å². The molecule has 0 aliphatic carbocycles. The SMILES string of the molecule is CC(C)(C)c1cc(-c2cc(-c3ccccc3)ccn2)[c-]c(-c2ccc3c4c2nc(-c2cc(C(C)(C)C)cc(C(C)(C)C)c2O)n4-c2ccccc2-c2nc(-c4ccccc4)n(-c4ccccc4)c2-3)c1.[Pt]. The van der Waals surface area contributed by atoms with Crippen LogP contribution in [0.25, 0.3) is 101 Å². The Morgan fingerprint density at radius 2 is 1.09 bits per heavy atom. The third-order valence-electron chi connectivity index (χ3n) is 13.6. The Hall–Kier alpha value is -7.14. The number of aromatic nitrogens is 5. The second kappa shape index (κ2) is 17.4. The van der Waals surface area contributed by atoms with Crippen molar-refractivity contribution in [1.82, 2.24) is 24.1 Å². The molecule has 350 valence electrons. The summed E-state index contributed by atoms with van der Waals surface area (Å²) in [5.41, 5.74) is 17.3. The van der Waals surface area contributed by atoms with Crippen molar-refractivity contribution in [3.8, 4) is 95.9 Å². The van der Waals surface area contributed by atoms with Crippen molar-refractivity contribution in [2.75, 3.05) is 0 Å². The Morgan fingerprint density at radius 3 is 1.76 bits per heavy atom. The Morgan fingerprint density at radius 1 is 0.486 bits per heavy atom. The van der Waals surface area contributed by atoms with Gasteiger partial charge in [0.25, 0.3) is 0 Å². The number of aromatic hydroxyl groups is 1. The normalized spacial score (nSPS) is 12.3. The van der Waals surface area contributed by atoms with E-state index in [1.807, 2.05) is 18.3 Å². The summed E-state index contributed by atoms with van der Waals surface area (Å²) in [5, 5.41) is 12.7. The second-order valence-corrected chi connectivity index (χ2v) is 21.5. The van der Waals surface area contributed by atoms with E-state index in [0.29, 0.717) is 11.4 Å². The van der Waals surface area contributed by atoms with E-state index < -0.39 is 0 Å². The standard InChI is InChI=1S/C63H56N5O.Pt/c1-61(2,3)44-34-42(33-43(35-44)52-36-41(31-32-64-52)39-21-13-10-14-22-39)47-29-30-49-56-55(65-59(40-23-15-11-16-24-40)67(56)46-25-17-12-18-26-46)48-27-19-20-28-53(48)68-57(49)54(47)66-60(68)50-37-45(62(4,5)6)38-51(58(50)69)63(7,8)9;/h10-32,34-38,69H,1-9H3;/q-1;. The van der Waals surface area contributed by atoms with Crippen molar-refractivity contribution in [2.45, 2.75) is 78.6 Å². The molecule has 0 atom stereocenters. The maximum atomic E-state index is 12.7. The zero-order valence-electron chi connectivity index (χ0n) is 41.2. The van der Waals surface area contributed by atoms with E-state index in [0.717, 1.165) is 107 Å². The van der Waals surface area contributed by atoms with Gasteiger partial charge in [0.2, 0.25) is 0 Å². The number of nitrogens with zero attached hydrogens (tertiary/aromatic N) is 5. The van der Waals surface area contributed by atoms with Gasteiger partial charge in [0, 0.05) is 60.9 Å². The third-order valence-corrected chi connectivity index (χ3v) is 13.6. The maximum absolute atomic E-state index is 12.7. The van der Waals surface area contributed by atoms with Crippen LogP contribution in [0.1, 0.15) is 79.0 Å². The van der Waals surface area contributed by atoms with Crippen LogP contribution in [0.15, 0.2) is 170 Å². The topological polar surface area (TPSA) is 68.8 Å². The van der Waals surface area contributed by atoms with Crippen LogP contribution in [-0.4, -0.2) is 29.2 Å². The van der Waals surface area contributed by atoms with Crippen LogP contribution in [0.3, 0.4) is 0 Å². The molecule has 1 aliphatic heterocycles. The minimum atomic E-state index is -0.356. The van der Waals surface area contributed by atoms with Crippen LogP contribution in [-0.2, 0) is 37.3 Å². The zero-order valence-corrected chi connectivity index (χ0v) is 43.4. The molecule has 0 unspecified atom stereocenters. The van der Waals surface area contributed by atoms with Gasteiger partial charge in [0.05, 0.1) is 33.7 Å². The molecule has 11 rings (SSSR count). The monoisotopic (exact) mass is 1090 g/mol. The molecule has 0 bridgehead atoms. The molecule has 10 aromatic rings. The van der Waals surface area contributed by atoms with Crippen molar-refractivity contribution in [1.29, 1.82) is 0 Å². The molecule has 70 heavy (non-hydrogen) atoms. The van der Waals surface area contributed by atoms with Crippen LogP contribution < -0.4 is 0 Å². The van der Waals surface area contributed by atoms with E-state index in [1.54, 1.807) is 0 Å². The second-order valence-electron chi connectivity index (χ2n) is 21.5. The van der Waals surface area contributed by atoms with Gasteiger partial charge < -0.3 is 5.11 Å². The summed E-state index contributed by atoms with van der Waals surface area (Å²) in [6, 6.07) is 61.4. The minimum Gasteiger partial charge on any atom is -0.507 e. The summed E-state index contributed by atoms with van der Waals surface area (Å²) in [7, 11) is 0. The van der Waals surface area contributed by atoms with Gasteiger partial charge in [-0.25, -0.2) is 9.97 Å². The number of para-hydroxylation sites is 2. The number of pyridine rings is 1.